The Hall–Kier alpha value is -1.07. The summed E-state index contributed by atoms with van der Waals surface area (Å²) in [5.74, 6) is 0. The molecule has 0 saturated heterocycles. The van der Waals surface area contributed by atoms with Crippen LogP contribution in [-0.4, -0.2) is 12.3 Å². The van der Waals surface area contributed by atoms with Crippen molar-refractivity contribution in [2.24, 2.45) is 10.7 Å². The molecule has 1 unspecified atom stereocenters. The summed E-state index contributed by atoms with van der Waals surface area (Å²) >= 11 is 0. The van der Waals surface area contributed by atoms with E-state index >= 15 is 0 Å². The third-order valence-corrected chi connectivity index (χ3v) is 2.92. The van der Waals surface area contributed by atoms with Crippen molar-refractivity contribution < 1.29 is 22.0 Å². The van der Waals surface area contributed by atoms with E-state index in [1.54, 1.807) is 6.92 Å². The summed E-state index contributed by atoms with van der Waals surface area (Å²) in [5.41, 5.74) is -0.202. The molecule has 0 aliphatic rings. The summed E-state index contributed by atoms with van der Waals surface area (Å²) < 4.78 is 65.2. The second kappa shape index (κ2) is 5.74. The maximum Gasteiger partial charge on any atom is 0.416 e. The van der Waals surface area contributed by atoms with Gasteiger partial charge in [0, 0.05) is 17.8 Å². The molecule has 0 aromatic heterocycles. The van der Waals surface area contributed by atoms with Gasteiger partial charge in [-0.2, -0.15) is 22.0 Å². The van der Waals surface area contributed by atoms with Crippen LogP contribution in [0.1, 0.15) is 23.6 Å². The van der Waals surface area contributed by atoms with Gasteiger partial charge in [-0.15, -0.1) is 0 Å². The van der Waals surface area contributed by atoms with Crippen molar-refractivity contribution in [3.63, 3.8) is 0 Å². The van der Waals surface area contributed by atoms with Crippen LogP contribution in [0.2, 0.25) is 0 Å². The van der Waals surface area contributed by atoms with E-state index in [9.17, 15) is 22.0 Å². The van der Waals surface area contributed by atoms with Crippen LogP contribution in [0.15, 0.2) is 17.1 Å². The number of aliphatic imine (C=N–C) groups is 1. The average molecular weight is 312 g/mol. The Morgan fingerprint density at radius 1 is 1.20 bits per heavy atom. The van der Waals surface area contributed by atoms with Crippen LogP contribution < -0.4 is 5.73 Å². The molecule has 0 bridgehead atoms. The maximum atomic E-state index is 13.4. The van der Waals surface area contributed by atoms with Crippen molar-refractivity contribution >= 4 is 20.6 Å². The van der Waals surface area contributed by atoms with Crippen LogP contribution in [0.3, 0.4) is 0 Å². The SMILES string of the molecule is CC(CN)=Nc1cc(C(F)(F)P)c(C(F)(F)F)cc1C. The Morgan fingerprint density at radius 2 is 1.75 bits per heavy atom. The number of nitrogens with two attached hydrogens (primary N) is 1. The molecule has 2 N–H and O–H groups in total. The van der Waals surface area contributed by atoms with Gasteiger partial charge in [0.15, 0.2) is 0 Å². The number of alkyl halides is 5. The number of rotatable bonds is 3. The van der Waals surface area contributed by atoms with Gasteiger partial charge in [-0.3, -0.25) is 4.99 Å². The molecule has 0 radical (unpaired) electrons. The molecular formula is C12H14F5N2P. The van der Waals surface area contributed by atoms with Gasteiger partial charge in [-0.05, 0) is 31.5 Å². The van der Waals surface area contributed by atoms with Crippen molar-refractivity contribution in [3.8, 4) is 0 Å². The molecule has 0 fully saturated rings. The Balaban J connectivity index is 3.57. The first-order chi connectivity index (χ1) is 8.96. The van der Waals surface area contributed by atoms with Crippen LogP contribution in [-0.2, 0) is 11.8 Å². The third kappa shape index (κ3) is 3.96. The van der Waals surface area contributed by atoms with Crippen molar-refractivity contribution in [3.05, 3.63) is 28.8 Å². The Labute approximate surface area is 115 Å². The minimum atomic E-state index is -4.86. The number of hydrogen-bond acceptors (Lipinski definition) is 2. The fourth-order valence-corrected chi connectivity index (χ4v) is 1.82. The first-order valence-electron chi connectivity index (χ1n) is 5.60. The van der Waals surface area contributed by atoms with E-state index in [1.807, 2.05) is 0 Å². The lowest BCUT2D eigenvalue weighted by molar-refractivity contribution is -0.140. The normalized spacial score (nSPS) is 13.8. The fourth-order valence-electron chi connectivity index (χ4n) is 1.58. The third-order valence-electron chi connectivity index (χ3n) is 2.61. The Morgan fingerprint density at radius 3 is 2.15 bits per heavy atom. The van der Waals surface area contributed by atoms with E-state index in [2.05, 4.69) is 4.99 Å². The lowest BCUT2D eigenvalue weighted by Crippen LogP contribution is -2.16. The predicted molar refractivity (Wildman–Crippen MR) is 71.6 cm³/mol. The highest BCUT2D eigenvalue weighted by Crippen LogP contribution is 2.45. The van der Waals surface area contributed by atoms with E-state index in [0.717, 1.165) is 15.3 Å². The molecule has 0 amide bonds. The van der Waals surface area contributed by atoms with E-state index in [1.165, 1.54) is 6.92 Å². The summed E-state index contributed by atoms with van der Waals surface area (Å²) in [5, 5.41) is 0. The highest BCUT2D eigenvalue weighted by atomic mass is 31.0. The zero-order chi connectivity index (χ0) is 15.7. The maximum absolute atomic E-state index is 13.4. The van der Waals surface area contributed by atoms with Gasteiger partial charge in [0.2, 0.25) is 0 Å². The zero-order valence-corrected chi connectivity index (χ0v) is 12.0. The van der Waals surface area contributed by atoms with Crippen LogP contribution in [0.25, 0.3) is 0 Å². The highest BCUT2D eigenvalue weighted by Gasteiger charge is 2.40. The molecule has 1 aromatic rings. The van der Waals surface area contributed by atoms with E-state index in [0.29, 0.717) is 11.8 Å². The fraction of sp³-hybridized carbons (Fsp3) is 0.417. The van der Waals surface area contributed by atoms with Gasteiger partial charge in [0.25, 0.3) is 5.66 Å². The zero-order valence-electron chi connectivity index (χ0n) is 10.9. The number of nitrogens with zero attached hydrogens (tertiary/aromatic N) is 1. The quantitative estimate of drug-likeness (QED) is 0.511. The van der Waals surface area contributed by atoms with Crippen molar-refractivity contribution in [2.45, 2.75) is 25.7 Å². The topological polar surface area (TPSA) is 38.4 Å². The molecule has 20 heavy (non-hydrogen) atoms. The summed E-state index contributed by atoms with van der Waals surface area (Å²) in [6, 6.07) is 1.43. The Bertz CT molecular complexity index is 532. The first kappa shape index (κ1) is 17.0. The van der Waals surface area contributed by atoms with E-state index < -0.39 is 23.0 Å². The van der Waals surface area contributed by atoms with Crippen LogP contribution in [0.4, 0.5) is 27.6 Å². The lowest BCUT2D eigenvalue weighted by atomic mass is 10.0. The number of benzene rings is 1. The molecule has 0 spiro atoms. The number of halogens is 5. The molecule has 112 valence electrons. The summed E-state index contributed by atoms with van der Waals surface area (Å²) in [6.07, 6.45) is -4.86. The average Bonchev–Trinajstić information content (AvgIpc) is 2.28. The summed E-state index contributed by atoms with van der Waals surface area (Å²) in [6.45, 7) is 3.03. The summed E-state index contributed by atoms with van der Waals surface area (Å²) in [4.78, 5) is 3.96. The van der Waals surface area contributed by atoms with Gasteiger partial charge < -0.3 is 5.73 Å². The first-order valence-corrected chi connectivity index (χ1v) is 6.17. The smallest absolute Gasteiger partial charge is 0.325 e. The van der Waals surface area contributed by atoms with Crippen molar-refractivity contribution in [1.29, 1.82) is 0 Å². The van der Waals surface area contributed by atoms with Gasteiger partial charge in [0.1, 0.15) is 0 Å². The monoisotopic (exact) mass is 312 g/mol. The predicted octanol–water partition coefficient (Wildman–Crippen LogP) is 3.99. The molecule has 1 rings (SSSR count). The van der Waals surface area contributed by atoms with E-state index in [-0.39, 0.29) is 17.8 Å². The standard InChI is InChI=1S/C12H14F5N2P/c1-6-3-8(11(13,14)15)9(12(16,17)20)4-10(6)19-7(2)5-18/h3-4H,5,18,20H2,1-2H3. The molecule has 2 nitrogen and oxygen atoms in total. The molecular weight excluding hydrogens is 298 g/mol. The van der Waals surface area contributed by atoms with Gasteiger partial charge in [-0.25, -0.2) is 0 Å². The minimum absolute atomic E-state index is 0.0538. The van der Waals surface area contributed by atoms with Gasteiger partial charge in [-0.1, -0.05) is 9.24 Å². The van der Waals surface area contributed by atoms with Crippen LogP contribution in [0.5, 0.6) is 0 Å². The lowest BCUT2D eigenvalue weighted by Gasteiger charge is -2.19. The second-order valence-corrected chi connectivity index (χ2v) is 5.08. The number of aryl methyl sites for hydroxylation is 1. The van der Waals surface area contributed by atoms with Gasteiger partial charge in [0.05, 0.1) is 11.3 Å². The molecule has 0 saturated carbocycles. The van der Waals surface area contributed by atoms with E-state index in [4.69, 9.17) is 5.73 Å². The number of hydrogen-bond donors (Lipinski definition) is 1. The molecule has 0 aliphatic heterocycles. The molecule has 0 aliphatic carbocycles. The largest absolute Gasteiger partial charge is 0.416 e. The van der Waals surface area contributed by atoms with Gasteiger partial charge >= 0.3 is 6.18 Å². The van der Waals surface area contributed by atoms with Crippen molar-refractivity contribution in [2.75, 3.05) is 6.54 Å². The molecule has 8 heteroatoms. The van der Waals surface area contributed by atoms with Crippen LogP contribution >= 0.6 is 9.24 Å². The van der Waals surface area contributed by atoms with Crippen molar-refractivity contribution in [1.82, 2.24) is 0 Å². The molecule has 1 atom stereocenters. The summed E-state index contributed by atoms with van der Waals surface area (Å²) in [7, 11) is 1.11. The Kier molecular flexibility index (Phi) is 4.87. The second-order valence-electron chi connectivity index (χ2n) is 4.36. The minimum Gasteiger partial charge on any atom is -0.325 e. The molecule has 1 aromatic carbocycles. The molecule has 0 heterocycles. The van der Waals surface area contributed by atoms with Crippen LogP contribution in [0, 0.1) is 6.92 Å². The highest BCUT2D eigenvalue weighted by molar-refractivity contribution is 7.17.